The molecule has 0 saturated heterocycles. The number of amides is 1. The molecule has 3 rings (SSSR count). The van der Waals surface area contributed by atoms with Crippen molar-refractivity contribution in [3.8, 4) is 0 Å². The molecule has 0 fully saturated rings. The normalized spacial score (nSPS) is 10.5. The van der Waals surface area contributed by atoms with Crippen molar-refractivity contribution in [3.63, 3.8) is 0 Å². The molecule has 0 saturated carbocycles. The first-order chi connectivity index (χ1) is 11.2. The van der Waals surface area contributed by atoms with E-state index >= 15 is 0 Å². The number of halogens is 1. The lowest BCUT2D eigenvalue weighted by Gasteiger charge is -2.05. The van der Waals surface area contributed by atoms with Gasteiger partial charge in [-0.15, -0.1) is 0 Å². The lowest BCUT2D eigenvalue weighted by atomic mass is 10.1. The van der Waals surface area contributed by atoms with Crippen LogP contribution in [0.15, 0.2) is 54.6 Å². The summed E-state index contributed by atoms with van der Waals surface area (Å²) in [6, 6.07) is 17.1. The molecule has 1 heterocycles. The van der Waals surface area contributed by atoms with Gasteiger partial charge in [-0.2, -0.15) is 5.10 Å². The summed E-state index contributed by atoms with van der Waals surface area (Å²) in [5.41, 5.74) is 1.72. The number of carbonyl (C=O) groups excluding carboxylic acids is 1. The number of rotatable bonds is 5. The maximum absolute atomic E-state index is 12.0. The standard InChI is InChI=1S/C17H15ClN4O/c18-13-8-4-5-9-14(13)19-17(23)11-16-20-15(21-22-16)10-12-6-2-1-3-7-12/h1-9H,10-11H2,(H,19,23)(H,20,21,22). The van der Waals surface area contributed by atoms with E-state index in [9.17, 15) is 4.79 Å². The predicted molar refractivity (Wildman–Crippen MR) is 89.4 cm³/mol. The van der Waals surface area contributed by atoms with E-state index < -0.39 is 0 Å². The number of benzene rings is 2. The Morgan fingerprint density at radius 1 is 1.09 bits per heavy atom. The number of aromatic nitrogens is 3. The Morgan fingerprint density at radius 3 is 2.61 bits per heavy atom. The average molecular weight is 327 g/mol. The molecule has 116 valence electrons. The Morgan fingerprint density at radius 2 is 1.83 bits per heavy atom. The average Bonchev–Trinajstić information content (AvgIpc) is 2.97. The minimum atomic E-state index is -0.205. The van der Waals surface area contributed by atoms with E-state index in [-0.39, 0.29) is 12.3 Å². The van der Waals surface area contributed by atoms with Gasteiger partial charge in [-0.05, 0) is 17.7 Å². The fourth-order valence-electron chi connectivity index (χ4n) is 2.18. The van der Waals surface area contributed by atoms with E-state index in [4.69, 9.17) is 11.6 Å². The third-order valence-electron chi connectivity index (χ3n) is 3.26. The SMILES string of the molecule is O=C(Cc1n[nH]c(Cc2ccccc2)n1)Nc1ccccc1Cl. The largest absolute Gasteiger partial charge is 0.324 e. The van der Waals surface area contributed by atoms with Crippen molar-refractivity contribution in [2.24, 2.45) is 0 Å². The fraction of sp³-hybridized carbons (Fsp3) is 0.118. The second kappa shape index (κ2) is 7.07. The number of anilines is 1. The fourth-order valence-corrected chi connectivity index (χ4v) is 2.37. The number of nitrogens with zero attached hydrogens (tertiary/aromatic N) is 2. The van der Waals surface area contributed by atoms with Crippen LogP contribution in [-0.2, 0) is 17.6 Å². The summed E-state index contributed by atoms with van der Waals surface area (Å²) in [4.78, 5) is 16.4. The van der Waals surface area contributed by atoms with Crippen LogP contribution in [0.4, 0.5) is 5.69 Å². The van der Waals surface area contributed by atoms with Crippen LogP contribution in [0.3, 0.4) is 0 Å². The van der Waals surface area contributed by atoms with Crippen LogP contribution in [-0.4, -0.2) is 21.1 Å². The summed E-state index contributed by atoms with van der Waals surface area (Å²) in [6.45, 7) is 0. The molecule has 0 aliphatic rings. The molecule has 5 nitrogen and oxygen atoms in total. The molecular weight excluding hydrogens is 312 g/mol. The van der Waals surface area contributed by atoms with Crippen LogP contribution in [0.25, 0.3) is 0 Å². The van der Waals surface area contributed by atoms with Crippen LogP contribution in [0.2, 0.25) is 5.02 Å². The molecule has 0 spiro atoms. The Labute approximate surface area is 138 Å². The second-order valence-electron chi connectivity index (χ2n) is 5.07. The van der Waals surface area contributed by atoms with Crippen molar-refractivity contribution in [1.29, 1.82) is 0 Å². The van der Waals surface area contributed by atoms with Gasteiger partial charge in [0, 0.05) is 6.42 Å². The van der Waals surface area contributed by atoms with Crippen molar-refractivity contribution in [1.82, 2.24) is 15.2 Å². The summed E-state index contributed by atoms with van der Waals surface area (Å²) in [7, 11) is 0. The number of nitrogens with one attached hydrogen (secondary N) is 2. The van der Waals surface area contributed by atoms with Crippen LogP contribution < -0.4 is 5.32 Å². The van der Waals surface area contributed by atoms with E-state index in [1.165, 1.54) is 0 Å². The van der Waals surface area contributed by atoms with Gasteiger partial charge < -0.3 is 5.32 Å². The first-order valence-electron chi connectivity index (χ1n) is 7.19. The molecule has 3 aromatic rings. The van der Waals surface area contributed by atoms with Gasteiger partial charge in [-0.25, -0.2) is 4.98 Å². The van der Waals surface area contributed by atoms with Crippen LogP contribution in [0.1, 0.15) is 17.2 Å². The van der Waals surface area contributed by atoms with Gasteiger partial charge in [-0.1, -0.05) is 54.1 Å². The van der Waals surface area contributed by atoms with Crippen molar-refractivity contribution >= 4 is 23.2 Å². The summed E-state index contributed by atoms with van der Waals surface area (Å²) < 4.78 is 0. The highest BCUT2D eigenvalue weighted by atomic mass is 35.5. The van der Waals surface area contributed by atoms with Crippen molar-refractivity contribution in [3.05, 3.63) is 76.8 Å². The zero-order chi connectivity index (χ0) is 16.1. The lowest BCUT2D eigenvalue weighted by molar-refractivity contribution is -0.115. The molecule has 0 aliphatic carbocycles. The number of carbonyl (C=O) groups is 1. The molecule has 6 heteroatoms. The molecular formula is C17H15ClN4O. The maximum Gasteiger partial charge on any atom is 0.232 e. The van der Waals surface area contributed by atoms with Crippen molar-refractivity contribution < 1.29 is 4.79 Å². The minimum Gasteiger partial charge on any atom is -0.324 e. The first-order valence-corrected chi connectivity index (χ1v) is 7.57. The lowest BCUT2D eigenvalue weighted by Crippen LogP contribution is -2.15. The van der Waals surface area contributed by atoms with Crippen LogP contribution in [0, 0.1) is 0 Å². The van der Waals surface area contributed by atoms with Gasteiger partial charge in [-0.3, -0.25) is 9.89 Å². The predicted octanol–water partition coefficient (Wildman–Crippen LogP) is 3.23. The first kappa shape index (κ1) is 15.2. The van der Waals surface area contributed by atoms with E-state index in [1.54, 1.807) is 12.1 Å². The minimum absolute atomic E-state index is 0.0938. The number of aromatic amines is 1. The Hall–Kier alpha value is -2.66. The zero-order valence-electron chi connectivity index (χ0n) is 12.3. The summed E-state index contributed by atoms with van der Waals surface area (Å²) in [5.74, 6) is 0.987. The Balaban J connectivity index is 1.60. The number of hydrogen-bond acceptors (Lipinski definition) is 3. The second-order valence-corrected chi connectivity index (χ2v) is 5.47. The van der Waals surface area contributed by atoms with E-state index in [1.807, 2.05) is 42.5 Å². The van der Waals surface area contributed by atoms with Crippen LogP contribution in [0.5, 0.6) is 0 Å². The van der Waals surface area contributed by atoms with Crippen molar-refractivity contribution in [2.45, 2.75) is 12.8 Å². The molecule has 1 amide bonds. The molecule has 2 aromatic carbocycles. The highest BCUT2D eigenvalue weighted by Crippen LogP contribution is 2.20. The Bertz CT molecular complexity index is 801. The van der Waals surface area contributed by atoms with E-state index in [2.05, 4.69) is 20.5 Å². The summed E-state index contributed by atoms with van der Waals surface area (Å²) in [5, 5.41) is 10.2. The number of para-hydroxylation sites is 1. The molecule has 0 unspecified atom stereocenters. The highest BCUT2D eigenvalue weighted by Gasteiger charge is 2.11. The van der Waals surface area contributed by atoms with Gasteiger partial charge in [0.25, 0.3) is 0 Å². The molecule has 0 bridgehead atoms. The monoisotopic (exact) mass is 326 g/mol. The molecule has 0 atom stereocenters. The van der Waals surface area contributed by atoms with Gasteiger partial charge in [0.05, 0.1) is 17.1 Å². The molecule has 2 N–H and O–H groups in total. The van der Waals surface area contributed by atoms with Crippen LogP contribution >= 0.6 is 11.6 Å². The molecule has 23 heavy (non-hydrogen) atoms. The van der Waals surface area contributed by atoms with Crippen molar-refractivity contribution in [2.75, 3.05) is 5.32 Å². The zero-order valence-corrected chi connectivity index (χ0v) is 13.0. The quantitative estimate of drug-likeness (QED) is 0.756. The summed E-state index contributed by atoms with van der Waals surface area (Å²) >= 11 is 6.01. The Kier molecular flexibility index (Phi) is 4.68. The number of H-pyrrole nitrogens is 1. The third-order valence-corrected chi connectivity index (χ3v) is 3.59. The highest BCUT2D eigenvalue weighted by molar-refractivity contribution is 6.33. The van der Waals surface area contributed by atoms with E-state index in [0.29, 0.717) is 23.0 Å². The van der Waals surface area contributed by atoms with Gasteiger partial charge in [0.15, 0.2) is 5.82 Å². The van der Waals surface area contributed by atoms with Gasteiger partial charge >= 0.3 is 0 Å². The maximum atomic E-state index is 12.0. The topological polar surface area (TPSA) is 70.7 Å². The van der Waals surface area contributed by atoms with Gasteiger partial charge in [0.1, 0.15) is 5.82 Å². The molecule has 0 aliphatic heterocycles. The van der Waals surface area contributed by atoms with E-state index in [0.717, 1.165) is 11.4 Å². The summed E-state index contributed by atoms with van der Waals surface area (Å²) in [6.07, 6.45) is 0.747. The smallest absolute Gasteiger partial charge is 0.232 e. The number of hydrogen-bond donors (Lipinski definition) is 2. The molecule has 0 radical (unpaired) electrons. The van der Waals surface area contributed by atoms with Gasteiger partial charge in [0.2, 0.25) is 5.91 Å². The molecule has 1 aromatic heterocycles. The third kappa shape index (κ3) is 4.17.